The molecule has 2 aromatic carbocycles. The molecule has 33 heavy (non-hydrogen) atoms. The lowest BCUT2D eigenvalue weighted by Crippen LogP contribution is -2.05. The normalized spacial score (nSPS) is 11.6. The predicted molar refractivity (Wildman–Crippen MR) is 117 cm³/mol. The zero-order chi connectivity index (χ0) is 23.0. The highest BCUT2D eigenvalue weighted by molar-refractivity contribution is 5.81. The van der Waals surface area contributed by atoms with Crippen molar-refractivity contribution in [1.82, 2.24) is 24.5 Å². The van der Waals surface area contributed by atoms with E-state index in [2.05, 4.69) is 25.3 Å². The molecule has 3 heterocycles. The van der Waals surface area contributed by atoms with E-state index in [1.54, 1.807) is 36.8 Å². The van der Waals surface area contributed by atoms with Crippen molar-refractivity contribution in [3.8, 4) is 23.0 Å². The summed E-state index contributed by atoms with van der Waals surface area (Å²) >= 11 is 0. The van der Waals surface area contributed by atoms with Crippen molar-refractivity contribution in [1.29, 1.82) is 0 Å². The van der Waals surface area contributed by atoms with E-state index >= 15 is 0 Å². The zero-order valence-electron chi connectivity index (χ0n) is 17.3. The summed E-state index contributed by atoms with van der Waals surface area (Å²) in [6.45, 7) is 0. The summed E-state index contributed by atoms with van der Waals surface area (Å²) in [6, 6.07) is 13.8. The molecule has 7 nitrogen and oxygen atoms in total. The number of aromatic amines is 1. The summed E-state index contributed by atoms with van der Waals surface area (Å²) < 4.78 is 46.1. The maximum atomic E-state index is 12.8. The molecular formula is C23H17F3N6O. The van der Waals surface area contributed by atoms with Gasteiger partial charge in [-0.3, -0.25) is 4.98 Å². The van der Waals surface area contributed by atoms with Gasteiger partial charge in [0.25, 0.3) is 0 Å². The van der Waals surface area contributed by atoms with Crippen LogP contribution in [0.1, 0.15) is 5.56 Å². The number of ether oxygens (including phenoxy) is 1. The number of fused-ring (bicyclic) bond motifs is 1. The lowest BCUT2D eigenvalue weighted by molar-refractivity contribution is -0.137. The molecule has 5 rings (SSSR count). The second-order valence-electron chi connectivity index (χ2n) is 7.26. The molecule has 3 aromatic heterocycles. The number of pyridine rings is 1. The number of rotatable bonds is 5. The van der Waals surface area contributed by atoms with E-state index in [1.165, 1.54) is 12.1 Å². The second-order valence-corrected chi connectivity index (χ2v) is 7.26. The Labute approximate surface area is 185 Å². The molecule has 166 valence electrons. The molecule has 0 aliphatic heterocycles. The monoisotopic (exact) mass is 450 g/mol. The number of hydrogen-bond donors (Lipinski definition) is 2. The summed E-state index contributed by atoms with van der Waals surface area (Å²) in [5.74, 6) is 2.30. The molecule has 0 spiro atoms. The first kappa shape index (κ1) is 20.6. The largest absolute Gasteiger partial charge is 0.457 e. The fourth-order valence-corrected chi connectivity index (χ4v) is 3.37. The summed E-state index contributed by atoms with van der Waals surface area (Å²) in [5.41, 5.74) is 1.96. The molecule has 0 atom stereocenters. The minimum Gasteiger partial charge on any atom is -0.457 e. The van der Waals surface area contributed by atoms with Crippen LogP contribution in [-0.2, 0) is 13.2 Å². The molecular weight excluding hydrogens is 433 g/mol. The Kier molecular flexibility index (Phi) is 4.97. The van der Waals surface area contributed by atoms with Gasteiger partial charge in [-0.15, -0.1) is 0 Å². The van der Waals surface area contributed by atoms with E-state index in [9.17, 15) is 13.2 Å². The highest BCUT2D eigenvalue weighted by Crippen LogP contribution is 2.31. The Morgan fingerprint density at radius 2 is 1.73 bits per heavy atom. The first-order valence-corrected chi connectivity index (χ1v) is 9.91. The third-order valence-electron chi connectivity index (χ3n) is 5.03. The van der Waals surface area contributed by atoms with Gasteiger partial charge in [-0.05, 0) is 42.5 Å². The average molecular weight is 450 g/mol. The van der Waals surface area contributed by atoms with Crippen molar-refractivity contribution in [2.75, 3.05) is 5.32 Å². The Bertz CT molecular complexity index is 1410. The zero-order valence-corrected chi connectivity index (χ0v) is 17.3. The predicted octanol–water partition coefficient (Wildman–Crippen LogP) is 5.91. The molecule has 0 aliphatic rings. The number of H-pyrrole nitrogens is 1. The van der Waals surface area contributed by atoms with E-state index in [4.69, 9.17) is 4.74 Å². The van der Waals surface area contributed by atoms with E-state index in [0.717, 1.165) is 17.6 Å². The Morgan fingerprint density at radius 1 is 0.939 bits per heavy atom. The van der Waals surface area contributed by atoms with E-state index in [1.807, 2.05) is 23.7 Å². The van der Waals surface area contributed by atoms with Crippen LogP contribution in [0.3, 0.4) is 0 Å². The van der Waals surface area contributed by atoms with Crippen LogP contribution in [0.4, 0.5) is 24.8 Å². The van der Waals surface area contributed by atoms with Gasteiger partial charge in [0.05, 0.1) is 16.6 Å². The van der Waals surface area contributed by atoms with Crippen molar-refractivity contribution in [3.63, 3.8) is 0 Å². The van der Waals surface area contributed by atoms with Crippen LogP contribution in [0.25, 0.3) is 22.6 Å². The minimum atomic E-state index is -4.37. The summed E-state index contributed by atoms with van der Waals surface area (Å²) in [5, 5.41) is 3.06. The van der Waals surface area contributed by atoms with Crippen LogP contribution in [0.15, 0.2) is 73.2 Å². The Morgan fingerprint density at radius 3 is 2.45 bits per heavy atom. The third kappa shape index (κ3) is 4.22. The van der Waals surface area contributed by atoms with Gasteiger partial charge < -0.3 is 19.6 Å². The van der Waals surface area contributed by atoms with Crippen LogP contribution in [0, 0.1) is 0 Å². The molecule has 0 saturated carbocycles. The highest BCUT2D eigenvalue weighted by atomic mass is 19.4. The second kappa shape index (κ2) is 7.97. The molecule has 0 aliphatic carbocycles. The molecule has 0 fully saturated rings. The highest BCUT2D eigenvalue weighted by Gasteiger charge is 2.30. The van der Waals surface area contributed by atoms with Crippen molar-refractivity contribution < 1.29 is 17.9 Å². The summed E-state index contributed by atoms with van der Waals surface area (Å²) in [4.78, 5) is 16.0. The number of hydrogen-bond acceptors (Lipinski definition) is 5. The number of nitrogens with zero attached hydrogens (tertiary/aromatic N) is 4. The van der Waals surface area contributed by atoms with Crippen LogP contribution in [0.5, 0.6) is 11.5 Å². The fourth-order valence-electron chi connectivity index (χ4n) is 3.37. The fraction of sp³-hybridized carbons (Fsp3) is 0.0870. The topological polar surface area (TPSA) is 80.7 Å². The quantitative estimate of drug-likeness (QED) is 0.348. The van der Waals surface area contributed by atoms with E-state index in [0.29, 0.717) is 40.2 Å². The lowest BCUT2D eigenvalue weighted by Gasteiger charge is -2.09. The number of alkyl halides is 3. The van der Waals surface area contributed by atoms with Gasteiger partial charge in [-0.25, -0.2) is 9.97 Å². The summed E-state index contributed by atoms with van der Waals surface area (Å²) in [6.07, 6.45) is 0.630. The first-order valence-electron chi connectivity index (χ1n) is 9.91. The van der Waals surface area contributed by atoms with Crippen molar-refractivity contribution >= 4 is 22.7 Å². The SMILES string of the molecule is Cn1c(Nc2ccc(C(F)(F)F)cc2)nc2cc(Oc3ccnc(-c4ncc[nH]4)c3)ccc21. The Hall–Kier alpha value is -4.34. The first-order chi connectivity index (χ1) is 15.9. The maximum absolute atomic E-state index is 12.8. The van der Waals surface area contributed by atoms with Crippen LogP contribution in [-0.4, -0.2) is 24.5 Å². The van der Waals surface area contributed by atoms with Gasteiger partial charge in [-0.2, -0.15) is 13.2 Å². The number of benzene rings is 2. The van der Waals surface area contributed by atoms with Gasteiger partial charge >= 0.3 is 6.18 Å². The van der Waals surface area contributed by atoms with Gasteiger partial charge in [-0.1, -0.05) is 0 Å². The molecule has 5 aromatic rings. The molecule has 10 heteroatoms. The van der Waals surface area contributed by atoms with Crippen molar-refractivity contribution in [2.24, 2.45) is 7.05 Å². The van der Waals surface area contributed by atoms with Gasteiger partial charge in [0.1, 0.15) is 17.2 Å². The lowest BCUT2D eigenvalue weighted by atomic mass is 10.2. The van der Waals surface area contributed by atoms with Crippen LogP contribution in [0.2, 0.25) is 0 Å². The standard InChI is InChI=1S/C23H17F3N6O/c1-32-20-7-6-16(33-17-8-9-27-19(13-17)21-28-10-11-29-21)12-18(20)31-22(32)30-15-4-2-14(3-5-15)23(24,25)26/h2-13H,1H3,(H,28,29)(H,30,31). The molecule has 0 unspecified atom stereocenters. The average Bonchev–Trinajstić information content (AvgIpc) is 3.43. The third-order valence-corrected chi connectivity index (χ3v) is 5.03. The maximum Gasteiger partial charge on any atom is 0.416 e. The molecule has 0 saturated heterocycles. The summed E-state index contributed by atoms with van der Waals surface area (Å²) in [7, 11) is 1.82. The number of anilines is 2. The Balaban J connectivity index is 1.38. The van der Waals surface area contributed by atoms with Crippen LogP contribution >= 0.6 is 0 Å². The van der Waals surface area contributed by atoms with E-state index in [-0.39, 0.29) is 0 Å². The van der Waals surface area contributed by atoms with E-state index < -0.39 is 11.7 Å². The van der Waals surface area contributed by atoms with Gasteiger partial charge in [0.2, 0.25) is 5.95 Å². The number of aromatic nitrogens is 5. The molecule has 0 radical (unpaired) electrons. The van der Waals surface area contributed by atoms with Crippen molar-refractivity contribution in [2.45, 2.75) is 6.18 Å². The number of nitrogens with one attached hydrogen (secondary N) is 2. The molecule has 0 bridgehead atoms. The van der Waals surface area contributed by atoms with Gasteiger partial charge in [0, 0.05) is 43.5 Å². The number of halogens is 3. The number of imidazole rings is 2. The molecule has 0 amide bonds. The van der Waals surface area contributed by atoms with Crippen LogP contribution < -0.4 is 10.1 Å². The molecule has 2 N–H and O–H groups in total. The smallest absolute Gasteiger partial charge is 0.416 e. The van der Waals surface area contributed by atoms with Gasteiger partial charge in [0.15, 0.2) is 5.82 Å². The van der Waals surface area contributed by atoms with Crippen molar-refractivity contribution in [3.05, 3.63) is 78.8 Å². The number of aryl methyl sites for hydroxylation is 1. The minimum absolute atomic E-state index is 0.492.